The van der Waals surface area contributed by atoms with Gasteiger partial charge in [-0.25, -0.2) is 0 Å². The summed E-state index contributed by atoms with van der Waals surface area (Å²) in [5.41, 5.74) is 14.6. The van der Waals surface area contributed by atoms with Crippen LogP contribution in [0, 0.1) is 0 Å². The van der Waals surface area contributed by atoms with Gasteiger partial charge in [0.05, 0.1) is 0 Å². The van der Waals surface area contributed by atoms with Gasteiger partial charge in [-0.2, -0.15) is 0 Å². The molecule has 1 aliphatic carbocycles. The van der Waals surface area contributed by atoms with Crippen LogP contribution in [0.3, 0.4) is 0 Å². The number of rotatable bonds is 3. The Labute approximate surface area is 312 Å². The SMILES string of the molecule is CC(C)(C)c1cc2ccc3ccc(-c4ccc(-c5ccc6cc(-c7ccc8c(c7)C(C)(C)c7ccccc7-8)ccc6c5)cc4)c4ccc(c1)c2c34.[HH].[HH].[HH].[HH].[HH].[HH].[HH].[HH]. The van der Waals surface area contributed by atoms with Crippen LogP contribution in [-0.2, 0) is 10.8 Å². The third-order valence-electron chi connectivity index (χ3n) is 11.8. The number of hydrogen-bond acceptors (Lipinski definition) is 0. The second-order valence-electron chi connectivity index (χ2n) is 16.2. The molecule has 9 aromatic rings. The zero-order chi connectivity index (χ0) is 34.6. The maximum Gasteiger partial charge on any atom is 0.0159 e. The Bertz CT molecular complexity index is 2850. The fraction of sp³-hybridized carbons (Fsp3) is 0.137. The molecular formula is C51H56. The summed E-state index contributed by atoms with van der Waals surface area (Å²) >= 11 is 0. The minimum Gasteiger partial charge on any atom is -0.0619 e. The molecule has 0 heteroatoms. The molecule has 0 bridgehead atoms. The van der Waals surface area contributed by atoms with Crippen LogP contribution in [0.25, 0.3) is 87.6 Å². The zero-order valence-corrected chi connectivity index (χ0v) is 29.9. The lowest BCUT2D eigenvalue weighted by molar-refractivity contribution is 0.591. The van der Waals surface area contributed by atoms with Crippen LogP contribution in [0.1, 0.15) is 62.7 Å². The van der Waals surface area contributed by atoms with Crippen LogP contribution in [0.2, 0.25) is 0 Å². The molecule has 0 heterocycles. The Hall–Kier alpha value is -5.72. The van der Waals surface area contributed by atoms with Crippen molar-refractivity contribution in [3.63, 3.8) is 0 Å². The van der Waals surface area contributed by atoms with Crippen LogP contribution in [0.15, 0.2) is 152 Å². The van der Waals surface area contributed by atoms with E-state index in [1.54, 1.807) is 0 Å². The zero-order valence-electron chi connectivity index (χ0n) is 29.9. The summed E-state index contributed by atoms with van der Waals surface area (Å²) in [6.07, 6.45) is 0. The first-order valence-corrected chi connectivity index (χ1v) is 18.2. The quantitative estimate of drug-likeness (QED) is 0.164. The monoisotopic (exact) mass is 668 g/mol. The molecule has 10 rings (SSSR count). The topological polar surface area (TPSA) is 0 Å². The fourth-order valence-corrected chi connectivity index (χ4v) is 8.84. The number of hydrogen-bond donors (Lipinski definition) is 0. The highest BCUT2D eigenvalue weighted by molar-refractivity contribution is 6.25. The van der Waals surface area contributed by atoms with E-state index in [1.807, 2.05) is 0 Å². The molecule has 1 aliphatic rings. The van der Waals surface area contributed by atoms with E-state index < -0.39 is 0 Å². The highest BCUT2D eigenvalue weighted by atomic mass is 14.4. The van der Waals surface area contributed by atoms with Gasteiger partial charge in [0.2, 0.25) is 0 Å². The standard InChI is InChI=1S/C51H40.8H2/c1-50(2,3)41-28-39-19-14-33-20-23-42(45-25-22-40(29-41)48(39)49(33)45)32-12-10-31(11-13-32)34-15-16-36-27-37(18-17-35(36)26-34)38-21-24-44-43-8-6-7-9-46(43)51(4,5)47(44)30-38;;;;;;;;/h6-30H,1-5H3;8*1H. The van der Waals surface area contributed by atoms with Gasteiger partial charge >= 0.3 is 0 Å². The molecule has 0 aromatic heterocycles. The van der Waals surface area contributed by atoms with E-state index in [4.69, 9.17) is 0 Å². The van der Waals surface area contributed by atoms with E-state index in [1.165, 1.54) is 104 Å². The summed E-state index contributed by atoms with van der Waals surface area (Å²) in [6, 6.07) is 57.4. The molecule has 0 unspecified atom stereocenters. The highest BCUT2D eigenvalue weighted by Crippen LogP contribution is 2.49. The first-order valence-electron chi connectivity index (χ1n) is 18.2. The van der Waals surface area contributed by atoms with Crippen LogP contribution < -0.4 is 0 Å². The van der Waals surface area contributed by atoms with E-state index in [2.05, 4.69) is 186 Å². The Morgan fingerprint density at radius 3 is 1.63 bits per heavy atom. The highest BCUT2D eigenvalue weighted by Gasteiger charge is 2.35. The molecule has 260 valence electrons. The first-order chi connectivity index (χ1) is 24.6. The molecule has 0 amide bonds. The van der Waals surface area contributed by atoms with Crippen molar-refractivity contribution in [2.75, 3.05) is 0 Å². The van der Waals surface area contributed by atoms with Gasteiger partial charge in [-0.1, -0.05) is 168 Å². The summed E-state index contributed by atoms with van der Waals surface area (Å²) in [5.74, 6) is 0. The molecule has 0 aliphatic heterocycles. The second kappa shape index (κ2) is 10.6. The van der Waals surface area contributed by atoms with Gasteiger partial charge in [0, 0.05) is 16.8 Å². The largest absolute Gasteiger partial charge is 0.0619 e. The van der Waals surface area contributed by atoms with E-state index >= 15 is 0 Å². The Kier molecular flexibility index (Phi) is 6.29. The van der Waals surface area contributed by atoms with E-state index in [0.717, 1.165) is 0 Å². The fourth-order valence-electron chi connectivity index (χ4n) is 8.84. The third kappa shape index (κ3) is 4.59. The van der Waals surface area contributed by atoms with Gasteiger partial charge in [-0.15, -0.1) is 0 Å². The molecule has 0 spiro atoms. The smallest absolute Gasteiger partial charge is 0.0159 e. The van der Waals surface area contributed by atoms with Crippen LogP contribution in [-0.4, -0.2) is 0 Å². The molecule has 51 heavy (non-hydrogen) atoms. The summed E-state index contributed by atoms with van der Waals surface area (Å²) in [4.78, 5) is 0. The molecule has 0 atom stereocenters. The van der Waals surface area contributed by atoms with Crippen molar-refractivity contribution in [3.05, 3.63) is 168 Å². The minimum atomic E-state index is -0.000315. The predicted octanol–water partition coefficient (Wildman–Crippen LogP) is 16.3. The van der Waals surface area contributed by atoms with Gasteiger partial charge < -0.3 is 0 Å². The maximum atomic E-state index is 2.41. The average Bonchev–Trinajstić information content (AvgIpc) is 3.38. The minimum absolute atomic E-state index is 0. The van der Waals surface area contributed by atoms with Crippen molar-refractivity contribution in [2.24, 2.45) is 0 Å². The lowest BCUT2D eigenvalue weighted by atomic mass is 9.81. The molecule has 9 aromatic carbocycles. The Morgan fingerprint density at radius 1 is 0.392 bits per heavy atom. The van der Waals surface area contributed by atoms with Gasteiger partial charge in [0.1, 0.15) is 0 Å². The molecule has 0 saturated heterocycles. The summed E-state index contributed by atoms with van der Waals surface area (Å²) in [6.45, 7) is 11.6. The Balaban J connectivity index is 0.00000150. The number of benzene rings is 9. The summed E-state index contributed by atoms with van der Waals surface area (Å²) < 4.78 is 0. The second-order valence-corrected chi connectivity index (χ2v) is 16.2. The predicted molar refractivity (Wildman–Crippen MR) is 237 cm³/mol. The van der Waals surface area contributed by atoms with Crippen molar-refractivity contribution in [1.82, 2.24) is 0 Å². The molecular weight excluding hydrogens is 613 g/mol. The molecule has 0 nitrogen and oxygen atoms in total. The average molecular weight is 669 g/mol. The first kappa shape index (κ1) is 30.1. The molecule has 0 radical (unpaired) electrons. The van der Waals surface area contributed by atoms with Crippen molar-refractivity contribution >= 4 is 43.1 Å². The van der Waals surface area contributed by atoms with E-state index in [0.29, 0.717) is 0 Å². The van der Waals surface area contributed by atoms with E-state index in [-0.39, 0.29) is 22.2 Å². The summed E-state index contributed by atoms with van der Waals surface area (Å²) in [5, 5.41) is 10.5. The van der Waals surface area contributed by atoms with Crippen LogP contribution in [0.4, 0.5) is 0 Å². The van der Waals surface area contributed by atoms with Gasteiger partial charge in [-0.3, -0.25) is 0 Å². The van der Waals surface area contributed by atoms with Gasteiger partial charge in [0.25, 0.3) is 0 Å². The maximum absolute atomic E-state index is 2.41. The van der Waals surface area contributed by atoms with Gasteiger partial charge in [0.15, 0.2) is 0 Å². The van der Waals surface area contributed by atoms with Crippen LogP contribution in [0.5, 0.6) is 0 Å². The normalized spacial score (nSPS) is 13.7. The van der Waals surface area contributed by atoms with Crippen molar-refractivity contribution < 1.29 is 11.4 Å². The lowest BCUT2D eigenvalue weighted by Gasteiger charge is -2.22. The van der Waals surface area contributed by atoms with Gasteiger partial charge in [-0.05, 0) is 128 Å². The molecule has 0 saturated carbocycles. The number of fused-ring (bicyclic) bond motifs is 4. The lowest BCUT2D eigenvalue weighted by Crippen LogP contribution is -2.14. The van der Waals surface area contributed by atoms with E-state index in [9.17, 15) is 0 Å². The Morgan fingerprint density at radius 2 is 0.902 bits per heavy atom. The summed E-state index contributed by atoms with van der Waals surface area (Å²) in [7, 11) is 0. The van der Waals surface area contributed by atoms with Crippen molar-refractivity contribution in [2.45, 2.75) is 45.4 Å². The van der Waals surface area contributed by atoms with Crippen molar-refractivity contribution in [1.29, 1.82) is 0 Å². The van der Waals surface area contributed by atoms with Crippen LogP contribution >= 0.6 is 0 Å². The molecule has 0 fully saturated rings. The molecule has 0 N–H and O–H groups in total. The van der Waals surface area contributed by atoms with Crippen molar-refractivity contribution in [3.8, 4) is 44.5 Å². The third-order valence-corrected chi connectivity index (χ3v) is 11.8.